The van der Waals surface area contributed by atoms with E-state index in [1.165, 1.54) is 6.21 Å². The molecule has 0 bridgehead atoms. The number of carbonyl (C=O) groups excluding carboxylic acids is 1. The average molecular weight is 287 g/mol. The van der Waals surface area contributed by atoms with Crippen molar-refractivity contribution in [1.82, 2.24) is 9.88 Å². The highest BCUT2D eigenvalue weighted by atomic mass is 16.4. The number of piperidine rings is 1. The lowest BCUT2D eigenvalue weighted by Gasteiger charge is -2.27. The monoisotopic (exact) mass is 287 g/mol. The van der Waals surface area contributed by atoms with E-state index >= 15 is 0 Å². The molecular formula is C15H17N3O3. The van der Waals surface area contributed by atoms with E-state index < -0.39 is 0 Å². The van der Waals surface area contributed by atoms with Crippen LogP contribution < -0.4 is 0 Å². The molecular weight excluding hydrogens is 270 g/mol. The smallest absolute Gasteiger partial charge is 0.184 e. The zero-order valence-corrected chi connectivity index (χ0v) is 11.8. The Morgan fingerprint density at radius 2 is 2.24 bits per heavy atom. The van der Waals surface area contributed by atoms with E-state index in [4.69, 9.17) is 9.62 Å². The van der Waals surface area contributed by atoms with Gasteiger partial charge < -0.3 is 14.5 Å². The Bertz CT molecular complexity index is 685. The number of oxime groups is 1. The summed E-state index contributed by atoms with van der Waals surface area (Å²) >= 11 is 0. The Morgan fingerprint density at radius 1 is 1.48 bits per heavy atom. The number of carbonyl (C=O) groups is 1. The van der Waals surface area contributed by atoms with E-state index in [1.54, 1.807) is 18.3 Å². The van der Waals surface area contributed by atoms with Gasteiger partial charge in [0.1, 0.15) is 17.7 Å². The Labute approximate surface area is 122 Å². The van der Waals surface area contributed by atoms with Gasteiger partial charge in [-0.25, -0.2) is 4.98 Å². The van der Waals surface area contributed by atoms with Crippen molar-refractivity contribution in [2.24, 2.45) is 11.1 Å². The topological polar surface area (TPSA) is 78.9 Å². The standard InChI is InChI=1S/C15H17N3O3/c1-18-4-2-10(3-5-18)15(19)13-7-11-6-12(8-17-20)21-14(11)9-16-13/h6-10,20H,2-5H2,1H3/b17-8+. The zero-order chi connectivity index (χ0) is 14.8. The van der Waals surface area contributed by atoms with Gasteiger partial charge in [0.2, 0.25) is 0 Å². The molecule has 3 rings (SSSR count). The average Bonchev–Trinajstić information content (AvgIpc) is 2.89. The maximum atomic E-state index is 12.5. The summed E-state index contributed by atoms with van der Waals surface area (Å²) < 4.78 is 5.41. The third kappa shape index (κ3) is 2.80. The molecule has 0 aliphatic carbocycles. The van der Waals surface area contributed by atoms with Crippen molar-refractivity contribution >= 4 is 23.0 Å². The summed E-state index contributed by atoms with van der Waals surface area (Å²) in [7, 11) is 2.07. The number of hydrogen-bond acceptors (Lipinski definition) is 6. The van der Waals surface area contributed by atoms with Gasteiger partial charge >= 0.3 is 0 Å². The van der Waals surface area contributed by atoms with Crippen molar-refractivity contribution in [2.75, 3.05) is 20.1 Å². The summed E-state index contributed by atoms with van der Waals surface area (Å²) in [5.41, 5.74) is 1.05. The number of ketones is 1. The summed E-state index contributed by atoms with van der Waals surface area (Å²) in [5.74, 6) is 0.582. The lowest BCUT2D eigenvalue weighted by molar-refractivity contribution is 0.0852. The van der Waals surface area contributed by atoms with Crippen LogP contribution in [0.15, 0.2) is 27.9 Å². The molecule has 1 aliphatic rings. The molecule has 0 radical (unpaired) electrons. The molecule has 3 heterocycles. The lowest BCUT2D eigenvalue weighted by atomic mass is 9.91. The minimum absolute atomic E-state index is 0.0523. The molecule has 0 atom stereocenters. The second-order valence-corrected chi connectivity index (χ2v) is 5.44. The van der Waals surface area contributed by atoms with Gasteiger partial charge in [-0.15, -0.1) is 0 Å². The highest BCUT2D eigenvalue weighted by Gasteiger charge is 2.25. The van der Waals surface area contributed by atoms with Crippen LogP contribution in [0.4, 0.5) is 0 Å². The van der Waals surface area contributed by atoms with Crippen LogP contribution in [-0.2, 0) is 0 Å². The van der Waals surface area contributed by atoms with Crippen molar-refractivity contribution in [1.29, 1.82) is 0 Å². The number of nitrogens with zero attached hydrogens (tertiary/aromatic N) is 3. The van der Waals surface area contributed by atoms with E-state index in [1.807, 2.05) is 0 Å². The Hall–Kier alpha value is -2.21. The number of hydrogen-bond donors (Lipinski definition) is 1. The van der Waals surface area contributed by atoms with E-state index in [2.05, 4.69) is 22.1 Å². The van der Waals surface area contributed by atoms with E-state index in [0.29, 0.717) is 17.0 Å². The maximum Gasteiger partial charge on any atom is 0.184 e. The molecule has 2 aromatic heterocycles. The number of aromatic nitrogens is 1. The molecule has 110 valence electrons. The van der Waals surface area contributed by atoms with Crippen LogP contribution in [0.2, 0.25) is 0 Å². The first kappa shape index (κ1) is 13.8. The minimum atomic E-state index is 0.0523. The summed E-state index contributed by atoms with van der Waals surface area (Å²) in [6.07, 6.45) is 4.51. The predicted molar refractivity (Wildman–Crippen MR) is 77.9 cm³/mol. The van der Waals surface area contributed by atoms with Crippen LogP contribution in [0.1, 0.15) is 29.1 Å². The molecule has 1 saturated heterocycles. The van der Waals surface area contributed by atoms with Crippen molar-refractivity contribution in [3.05, 3.63) is 29.8 Å². The summed E-state index contributed by atoms with van der Waals surface area (Å²) in [6.45, 7) is 1.89. The number of Topliss-reactive ketones (excluding diaryl/α,β-unsaturated/α-hetero) is 1. The Balaban J connectivity index is 1.84. The van der Waals surface area contributed by atoms with Crippen LogP contribution in [0.25, 0.3) is 11.0 Å². The highest BCUT2D eigenvalue weighted by Crippen LogP contribution is 2.23. The number of fused-ring (bicyclic) bond motifs is 1. The van der Waals surface area contributed by atoms with E-state index in [9.17, 15) is 4.79 Å². The van der Waals surface area contributed by atoms with Gasteiger partial charge in [-0.2, -0.15) is 0 Å². The maximum absolute atomic E-state index is 12.5. The van der Waals surface area contributed by atoms with Crippen LogP contribution >= 0.6 is 0 Å². The molecule has 6 heteroatoms. The van der Waals surface area contributed by atoms with Crippen LogP contribution in [0.3, 0.4) is 0 Å². The first-order valence-corrected chi connectivity index (χ1v) is 6.97. The van der Waals surface area contributed by atoms with Crippen molar-refractivity contribution in [3.8, 4) is 0 Å². The molecule has 6 nitrogen and oxygen atoms in total. The van der Waals surface area contributed by atoms with Crippen LogP contribution in [-0.4, -0.2) is 47.2 Å². The molecule has 1 N–H and O–H groups in total. The first-order valence-electron chi connectivity index (χ1n) is 6.97. The molecule has 1 fully saturated rings. The third-order valence-electron chi connectivity index (χ3n) is 3.95. The third-order valence-corrected chi connectivity index (χ3v) is 3.95. The number of furan rings is 1. The summed E-state index contributed by atoms with van der Waals surface area (Å²) in [5, 5.41) is 12.2. The van der Waals surface area contributed by atoms with Gasteiger partial charge in [0.25, 0.3) is 0 Å². The molecule has 0 spiro atoms. The highest BCUT2D eigenvalue weighted by molar-refractivity contribution is 5.99. The molecule has 0 amide bonds. The van der Waals surface area contributed by atoms with E-state index in [-0.39, 0.29) is 11.7 Å². The SMILES string of the molecule is CN1CCC(C(=O)c2cc3cc(/C=N/O)oc3cn2)CC1. The van der Waals surface area contributed by atoms with Gasteiger partial charge in [0.15, 0.2) is 11.4 Å². The number of pyridine rings is 1. The fourth-order valence-corrected chi connectivity index (χ4v) is 2.70. The Morgan fingerprint density at radius 3 is 2.95 bits per heavy atom. The fraction of sp³-hybridized carbons (Fsp3) is 0.400. The second kappa shape index (κ2) is 5.65. The van der Waals surface area contributed by atoms with Gasteiger partial charge in [-0.3, -0.25) is 4.79 Å². The van der Waals surface area contributed by atoms with Gasteiger partial charge in [-0.05, 0) is 45.1 Å². The van der Waals surface area contributed by atoms with Crippen molar-refractivity contribution < 1.29 is 14.4 Å². The normalized spacial score (nSPS) is 17.8. The molecule has 2 aromatic rings. The lowest BCUT2D eigenvalue weighted by Crippen LogP contribution is -2.33. The van der Waals surface area contributed by atoms with Gasteiger partial charge in [0.05, 0.1) is 6.20 Å². The van der Waals surface area contributed by atoms with Gasteiger partial charge in [-0.1, -0.05) is 5.16 Å². The quantitative estimate of drug-likeness (QED) is 0.405. The fourth-order valence-electron chi connectivity index (χ4n) is 2.70. The molecule has 1 aliphatic heterocycles. The molecule has 0 unspecified atom stereocenters. The number of likely N-dealkylation sites (tertiary alicyclic amines) is 1. The predicted octanol–water partition coefficient (Wildman–Crippen LogP) is 2.16. The molecule has 0 aromatic carbocycles. The minimum Gasteiger partial charge on any atom is -0.453 e. The van der Waals surface area contributed by atoms with Crippen LogP contribution in [0.5, 0.6) is 0 Å². The van der Waals surface area contributed by atoms with Gasteiger partial charge in [0, 0.05) is 11.3 Å². The van der Waals surface area contributed by atoms with Crippen molar-refractivity contribution in [3.63, 3.8) is 0 Å². The van der Waals surface area contributed by atoms with Crippen molar-refractivity contribution in [2.45, 2.75) is 12.8 Å². The Kier molecular flexibility index (Phi) is 3.70. The van der Waals surface area contributed by atoms with Crippen LogP contribution in [0, 0.1) is 5.92 Å². The molecule has 0 saturated carbocycles. The summed E-state index contributed by atoms with van der Waals surface area (Å²) in [4.78, 5) is 18.9. The largest absolute Gasteiger partial charge is 0.453 e. The zero-order valence-electron chi connectivity index (χ0n) is 11.8. The second-order valence-electron chi connectivity index (χ2n) is 5.44. The first-order chi connectivity index (χ1) is 10.2. The number of rotatable bonds is 3. The summed E-state index contributed by atoms with van der Waals surface area (Å²) in [6, 6.07) is 3.47. The molecule has 21 heavy (non-hydrogen) atoms. The van der Waals surface area contributed by atoms with E-state index in [0.717, 1.165) is 31.3 Å².